The van der Waals surface area contributed by atoms with Gasteiger partial charge in [-0.25, -0.2) is 0 Å². The summed E-state index contributed by atoms with van der Waals surface area (Å²) in [5, 5.41) is 18.2. The SMILES string of the molecule is CCCCCCC(F)(F)C(F)(F)C(O)(F)C(=O)[O-]. The molecule has 0 spiro atoms. The number of carboxylic acids is 1. The number of carbonyl (C=O) groups excluding carboxylic acids is 1. The van der Waals surface area contributed by atoms with E-state index >= 15 is 0 Å². The van der Waals surface area contributed by atoms with Gasteiger partial charge < -0.3 is 15.0 Å². The fraction of sp³-hybridized carbons (Fsp3) is 0.900. The molecule has 0 saturated carbocycles. The van der Waals surface area contributed by atoms with Crippen LogP contribution in [0.1, 0.15) is 39.0 Å². The minimum absolute atomic E-state index is 0.220. The van der Waals surface area contributed by atoms with Gasteiger partial charge in [-0.1, -0.05) is 26.2 Å². The molecule has 1 N–H and O–H groups in total. The highest BCUT2D eigenvalue weighted by molar-refractivity contribution is 5.74. The molecule has 0 heterocycles. The summed E-state index contributed by atoms with van der Waals surface area (Å²) in [4.78, 5) is 9.94. The molecule has 0 aromatic carbocycles. The van der Waals surface area contributed by atoms with Crippen LogP contribution >= 0.6 is 0 Å². The Bertz CT molecular complexity index is 291. The highest BCUT2D eigenvalue weighted by Crippen LogP contribution is 2.45. The maximum atomic E-state index is 13.0. The molecule has 108 valence electrons. The number of unbranched alkanes of at least 4 members (excludes halogenated alkanes) is 3. The van der Waals surface area contributed by atoms with Crippen LogP contribution in [0.4, 0.5) is 22.0 Å². The average molecular weight is 277 g/mol. The van der Waals surface area contributed by atoms with E-state index in [1.807, 2.05) is 0 Å². The van der Waals surface area contributed by atoms with Gasteiger partial charge in [-0.05, 0) is 6.42 Å². The number of carboxylic acid groups (broad SMARTS) is 1. The summed E-state index contributed by atoms with van der Waals surface area (Å²) in [6.45, 7) is 1.77. The van der Waals surface area contributed by atoms with E-state index < -0.39 is 30.1 Å². The summed E-state index contributed by atoms with van der Waals surface area (Å²) in [5.41, 5.74) is 0. The summed E-state index contributed by atoms with van der Waals surface area (Å²) in [6, 6.07) is 0. The summed E-state index contributed by atoms with van der Waals surface area (Å²) >= 11 is 0. The largest absolute Gasteiger partial charge is 0.544 e. The van der Waals surface area contributed by atoms with Crippen LogP contribution < -0.4 is 5.11 Å². The maximum Gasteiger partial charge on any atom is 0.372 e. The Kier molecular flexibility index (Phi) is 5.52. The number of aliphatic hydroxyl groups is 1. The van der Waals surface area contributed by atoms with Gasteiger partial charge in [0.25, 0.3) is 0 Å². The number of hydrogen-bond acceptors (Lipinski definition) is 3. The van der Waals surface area contributed by atoms with Crippen molar-refractivity contribution in [2.45, 2.75) is 56.7 Å². The van der Waals surface area contributed by atoms with Gasteiger partial charge in [-0.3, -0.25) is 0 Å². The predicted octanol–water partition coefficient (Wildman–Crippen LogP) is 1.64. The topological polar surface area (TPSA) is 60.4 Å². The van der Waals surface area contributed by atoms with Gasteiger partial charge in [0.2, 0.25) is 0 Å². The molecule has 0 aliphatic carbocycles. The van der Waals surface area contributed by atoms with Crippen molar-refractivity contribution in [2.24, 2.45) is 0 Å². The first-order chi connectivity index (χ1) is 8.00. The van der Waals surface area contributed by atoms with Gasteiger partial charge in [0, 0.05) is 6.42 Å². The highest BCUT2D eigenvalue weighted by atomic mass is 19.3. The number of aliphatic carboxylic acids is 1. The number of rotatable bonds is 8. The molecule has 18 heavy (non-hydrogen) atoms. The van der Waals surface area contributed by atoms with Crippen molar-refractivity contribution in [3.63, 3.8) is 0 Å². The first-order valence-electron chi connectivity index (χ1n) is 5.39. The molecule has 0 aliphatic heterocycles. The van der Waals surface area contributed by atoms with E-state index in [2.05, 4.69) is 0 Å². The smallest absolute Gasteiger partial charge is 0.372 e. The van der Waals surface area contributed by atoms with E-state index in [0.717, 1.165) is 0 Å². The van der Waals surface area contributed by atoms with Crippen molar-refractivity contribution in [1.29, 1.82) is 0 Å². The number of halogens is 5. The molecule has 3 nitrogen and oxygen atoms in total. The van der Waals surface area contributed by atoms with E-state index in [1.54, 1.807) is 6.92 Å². The van der Waals surface area contributed by atoms with Crippen LogP contribution in [0, 0.1) is 0 Å². The van der Waals surface area contributed by atoms with Gasteiger partial charge in [-0.2, -0.15) is 22.0 Å². The molecule has 8 heteroatoms. The van der Waals surface area contributed by atoms with E-state index in [1.165, 1.54) is 0 Å². The molecule has 0 fully saturated rings. The zero-order valence-corrected chi connectivity index (χ0v) is 9.69. The molecule has 1 atom stereocenters. The zero-order chi connectivity index (χ0) is 14.6. The van der Waals surface area contributed by atoms with Gasteiger partial charge in [0.15, 0.2) is 0 Å². The second kappa shape index (κ2) is 5.81. The third kappa shape index (κ3) is 3.30. The summed E-state index contributed by atoms with van der Waals surface area (Å²) in [6.07, 6.45) is -0.326. The molecule has 0 aromatic rings. The van der Waals surface area contributed by atoms with Crippen LogP contribution in [0.2, 0.25) is 0 Å². The molecule has 0 radical (unpaired) electrons. The van der Waals surface area contributed by atoms with Crippen molar-refractivity contribution < 1.29 is 37.0 Å². The van der Waals surface area contributed by atoms with Crippen molar-refractivity contribution in [3.8, 4) is 0 Å². The predicted molar refractivity (Wildman–Crippen MR) is 49.7 cm³/mol. The van der Waals surface area contributed by atoms with Crippen LogP contribution in [-0.4, -0.2) is 28.8 Å². The Morgan fingerprint density at radius 1 is 1.11 bits per heavy atom. The normalized spacial score (nSPS) is 16.4. The second-order valence-corrected chi connectivity index (χ2v) is 4.00. The molecular formula is C10H14F5O3-. The zero-order valence-electron chi connectivity index (χ0n) is 9.69. The summed E-state index contributed by atoms with van der Waals surface area (Å²) < 4.78 is 64.7. The van der Waals surface area contributed by atoms with Crippen LogP contribution in [-0.2, 0) is 4.79 Å². The lowest BCUT2D eigenvalue weighted by molar-refractivity contribution is -0.384. The van der Waals surface area contributed by atoms with E-state index in [-0.39, 0.29) is 12.8 Å². The molecule has 0 rings (SSSR count). The lowest BCUT2D eigenvalue weighted by atomic mass is 9.98. The quantitative estimate of drug-likeness (QED) is 0.542. The molecular weight excluding hydrogens is 263 g/mol. The van der Waals surface area contributed by atoms with Crippen molar-refractivity contribution >= 4 is 5.97 Å². The molecule has 0 amide bonds. The number of alkyl halides is 5. The molecule has 0 bridgehead atoms. The Morgan fingerprint density at radius 2 is 1.61 bits per heavy atom. The van der Waals surface area contributed by atoms with E-state index in [4.69, 9.17) is 5.11 Å². The summed E-state index contributed by atoms with van der Waals surface area (Å²) in [5.74, 6) is -19.4. The van der Waals surface area contributed by atoms with Crippen LogP contribution in [0.25, 0.3) is 0 Å². The van der Waals surface area contributed by atoms with Crippen LogP contribution in [0.3, 0.4) is 0 Å². The monoisotopic (exact) mass is 277 g/mol. The standard InChI is InChI=1S/C10H15F5O3/c1-2-3-4-5-6-8(11,12)10(14,15)9(13,18)7(16)17/h18H,2-6H2,1H3,(H,16,17)/p-1. The molecule has 0 aliphatic rings. The fourth-order valence-corrected chi connectivity index (χ4v) is 1.30. The molecule has 0 saturated heterocycles. The average Bonchev–Trinajstić information content (AvgIpc) is 2.23. The Hall–Kier alpha value is -0.920. The number of hydrogen-bond donors (Lipinski definition) is 1. The van der Waals surface area contributed by atoms with Crippen molar-refractivity contribution in [1.82, 2.24) is 0 Å². The van der Waals surface area contributed by atoms with Crippen LogP contribution in [0.5, 0.6) is 0 Å². The van der Waals surface area contributed by atoms with Gasteiger partial charge >= 0.3 is 17.7 Å². The Labute approximate surface area is 101 Å². The minimum Gasteiger partial charge on any atom is -0.544 e. The van der Waals surface area contributed by atoms with Crippen molar-refractivity contribution in [3.05, 3.63) is 0 Å². The molecule has 1 unspecified atom stereocenters. The van der Waals surface area contributed by atoms with E-state index in [0.29, 0.717) is 12.8 Å². The first kappa shape index (κ1) is 17.1. The van der Waals surface area contributed by atoms with Crippen molar-refractivity contribution in [2.75, 3.05) is 0 Å². The van der Waals surface area contributed by atoms with Crippen LogP contribution in [0.15, 0.2) is 0 Å². The fourth-order valence-electron chi connectivity index (χ4n) is 1.30. The third-order valence-electron chi connectivity index (χ3n) is 2.49. The Balaban J connectivity index is 4.80. The second-order valence-electron chi connectivity index (χ2n) is 4.00. The van der Waals surface area contributed by atoms with Gasteiger partial charge in [-0.15, -0.1) is 0 Å². The lowest BCUT2D eigenvalue weighted by Crippen LogP contribution is -2.64. The van der Waals surface area contributed by atoms with Gasteiger partial charge in [0.1, 0.15) is 5.97 Å². The highest BCUT2D eigenvalue weighted by Gasteiger charge is 2.70. The first-order valence-corrected chi connectivity index (χ1v) is 5.39. The van der Waals surface area contributed by atoms with E-state index in [9.17, 15) is 31.9 Å². The number of carbonyl (C=O) groups is 1. The molecule has 0 aromatic heterocycles. The van der Waals surface area contributed by atoms with Gasteiger partial charge in [0.05, 0.1) is 0 Å². The summed E-state index contributed by atoms with van der Waals surface area (Å²) in [7, 11) is 0. The maximum absolute atomic E-state index is 13.0. The third-order valence-corrected chi connectivity index (χ3v) is 2.49. The minimum atomic E-state index is -5.74. The lowest BCUT2D eigenvalue weighted by Gasteiger charge is -2.34. The Morgan fingerprint density at radius 3 is 2.00 bits per heavy atom.